The van der Waals surface area contributed by atoms with Crippen molar-refractivity contribution in [2.75, 3.05) is 44.7 Å². The third-order valence-electron chi connectivity index (χ3n) is 9.95. The summed E-state index contributed by atoms with van der Waals surface area (Å²) in [6.07, 6.45) is 4.22. The van der Waals surface area contributed by atoms with Crippen LogP contribution < -0.4 is 16.4 Å². The largest absolute Gasteiger partial charge is 0.336 e. The van der Waals surface area contributed by atoms with Gasteiger partial charge >= 0.3 is 0 Å². The number of amidine groups is 1. The van der Waals surface area contributed by atoms with Gasteiger partial charge in [0.25, 0.3) is 5.91 Å². The highest BCUT2D eigenvalue weighted by atomic mass is 16.2. The van der Waals surface area contributed by atoms with Crippen molar-refractivity contribution >= 4 is 29.1 Å². The van der Waals surface area contributed by atoms with Crippen molar-refractivity contribution in [1.82, 2.24) is 10.2 Å². The van der Waals surface area contributed by atoms with E-state index in [1.54, 1.807) is 0 Å². The highest BCUT2D eigenvalue weighted by Gasteiger charge is 2.30. The maximum atomic E-state index is 13.8. The fourth-order valence-corrected chi connectivity index (χ4v) is 6.93. The van der Waals surface area contributed by atoms with E-state index in [2.05, 4.69) is 25.9 Å². The number of anilines is 1. The lowest BCUT2D eigenvalue weighted by Gasteiger charge is -2.28. The Morgan fingerprint density at radius 3 is 2.31 bits per heavy atom. The van der Waals surface area contributed by atoms with Gasteiger partial charge in [-0.1, -0.05) is 30.3 Å². The summed E-state index contributed by atoms with van der Waals surface area (Å²) in [6, 6.07) is 21.4. The number of nitrogens with two attached hydrogens (primary N) is 1. The van der Waals surface area contributed by atoms with Crippen molar-refractivity contribution in [2.24, 2.45) is 38.7 Å². The molecule has 1 saturated carbocycles. The standard InChI is InChI=1S/C38H45N7O3/c1-25-2-7-31(38(48)45-18-16-40-17-19-45)21-34(25)28-8-3-26(4-9-28)20-32(22-35(46)29-10-5-27(23-39)6-11-29)37(47)43-33-14-12-30(13-15-33)36-41-24-42-44-36/h2-4,7-9,12-15,21,27,29,32,40H,5-6,10-11,16-20,22-24,39H2,1H3,(H,43,47)/t27?,29?,32-/m1/s1. The number of nitrogens with one attached hydrogen (secondary N) is 2. The van der Waals surface area contributed by atoms with Crippen molar-refractivity contribution < 1.29 is 14.4 Å². The van der Waals surface area contributed by atoms with E-state index in [-0.39, 0.29) is 29.9 Å². The second-order valence-electron chi connectivity index (χ2n) is 13.2. The van der Waals surface area contributed by atoms with E-state index in [0.717, 1.165) is 66.6 Å². The summed E-state index contributed by atoms with van der Waals surface area (Å²) in [5, 5.41) is 14.3. The third-order valence-corrected chi connectivity index (χ3v) is 9.95. The lowest BCUT2D eigenvalue weighted by Crippen LogP contribution is -2.46. The number of aryl methyl sites for hydroxylation is 1. The molecule has 2 aliphatic heterocycles. The zero-order valence-electron chi connectivity index (χ0n) is 27.7. The fourth-order valence-electron chi connectivity index (χ4n) is 6.93. The van der Waals surface area contributed by atoms with Crippen molar-refractivity contribution in [3.8, 4) is 11.1 Å². The smallest absolute Gasteiger partial charge is 0.253 e. The molecule has 1 saturated heterocycles. The summed E-state index contributed by atoms with van der Waals surface area (Å²) >= 11 is 0. The van der Waals surface area contributed by atoms with Crippen LogP contribution in [0.25, 0.3) is 11.1 Å². The number of carbonyl (C=O) groups is 3. The first-order chi connectivity index (χ1) is 23.4. The van der Waals surface area contributed by atoms with Crippen molar-refractivity contribution in [3.05, 3.63) is 89.0 Å². The van der Waals surface area contributed by atoms with E-state index in [9.17, 15) is 14.4 Å². The maximum absolute atomic E-state index is 13.8. The minimum Gasteiger partial charge on any atom is -0.336 e. The van der Waals surface area contributed by atoms with Crippen molar-refractivity contribution in [3.63, 3.8) is 0 Å². The second-order valence-corrected chi connectivity index (χ2v) is 13.2. The van der Waals surface area contributed by atoms with Crippen LogP contribution in [0.4, 0.5) is 5.69 Å². The van der Waals surface area contributed by atoms with E-state index in [1.807, 2.05) is 78.6 Å². The maximum Gasteiger partial charge on any atom is 0.253 e. The number of aliphatic imine (C=N–C) groups is 1. The number of benzene rings is 3. The number of azo groups is 1. The number of ketones is 1. The molecule has 0 bridgehead atoms. The van der Waals surface area contributed by atoms with E-state index in [4.69, 9.17) is 5.73 Å². The normalized spacial score (nSPS) is 19.9. The van der Waals surface area contributed by atoms with Gasteiger partial charge in [-0.15, -0.1) is 5.11 Å². The second kappa shape index (κ2) is 15.6. The molecule has 1 atom stereocenters. The monoisotopic (exact) mass is 647 g/mol. The molecule has 2 amide bonds. The van der Waals surface area contributed by atoms with E-state index >= 15 is 0 Å². The van der Waals surface area contributed by atoms with Crippen LogP contribution in [0.2, 0.25) is 0 Å². The Balaban J connectivity index is 1.17. The summed E-state index contributed by atoms with van der Waals surface area (Å²) in [7, 11) is 0. The first-order valence-corrected chi connectivity index (χ1v) is 17.1. The molecule has 6 rings (SSSR count). The highest BCUT2D eigenvalue weighted by Crippen LogP contribution is 2.32. The summed E-state index contributed by atoms with van der Waals surface area (Å²) in [6.45, 7) is 6.07. The van der Waals surface area contributed by atoms with Gasteiger partial charge in [-0.25, -0.2) is 4.99 Å². The zero-order valence-corrected chi connectivity index (χ0v) is 27.7. The first-order valence-electron chi connectivity index (χ1n) is 17.1. The van der Waals surface area contributed by atoms with Gasteiger partial charge in [-0.05, 0) is 110 Å². The van der Waals surface area contributed by atoms with Gasteiger partial charge in [0.1, 0.15) is 5.78 Å². The lowest BCUT2D eigenvalue weighted by molar-refractivity contribution is -0.129. The van der Waals surface area contributed by atoms with E-state index in [0.29, 0.717) is 55.7 Å². The van der Waals surface area contributed by atoms with Gasteiger partial charge in [0.05, 0.1) is 0 Å². The molecule has 0 spiro atoms. The average molecular weight is 648 g/mol. The molecule has 0 unspecified atom stereocenters. The molecule has 1 aliphatic carbocycles. The van der Waals surface area contributed by atoms with Crippen LogP contribution >= 0.6 is 0 Å². The van der Waals surface area contributed by atoms with Crippen LogP contribution in [0.1, 0.15) is 59.2 Å². The molecule has 48 heavy (non-hydrogen) atoms. The van der Waals surface area contributed by atoms with Crippen LogP contribution in [0.15, 0.2) is 82.0 Å². The number of hydrogen-bond acceptors (Lipinski definition) is 8. The number of nitrogens with zero attached hydrogens (tertiary/aromatic N) is 4. The topological polar surface area (TPSA) is 142 Å². The molecule has 2 heterocycles. The number of carbonyl (C=O) groups excluding carboxylic acids is 3. The van der Waals surface area contributed by atoms with Gasteiger partial charge < -0.3 is 21.3 Å². The molecule has 10 heteroatoms. The van der Waals surface area contributed by atoms with Crippen LogP contribution in [0, 0.1) is 24.7 Å². The van der Waals surface area contributed by atoms with E-state index in [1.165, 1.54) is 0 Å². The summed E-state index contributed by atoms with van der Waals surface area (Å²) in [5.74, 6) is 0.549. The minimum atomic E-state index is -0.523. The lowest BCUT2D eigenvalue weighted by atomic mass is 9.77. The molecular formula is C38H45N7O3. The number of hydrogen-bond donors (Lipinski definition) is 3. The van der Waals surface area contributed by atoms with Gasteiger partial charge in [-0.2, -0.15) is 5.11 Å². The molecular weight excluding hydrogens is 602 g/mol. The average Bonchev–Trinajstić information content (AvgIpc) is 3.68. The Bertz CT molecular complexity index is 1670. The van der Waals surface area contributed by atoms with Crippen molar-refractivity contribution in [2.45, 2.75) is 45.4 Å². The summed E-state index contributed by atoms with van der Waals surface area (Å²) in [4.78, 5) is 46.6. The van der Waals surface area contributed by atoms with Gasteiger partial charge in [0.15, 0.2) is 12.5 Å². The van der Waals surface area contributed by atoms with E-state index < -0.39 is 5.92 Å². The molecule has 4 N–H and O–H groups in total. The predicted molar refractivity (Wildman–Crippen MR) is 188 cm³/mol. The molecule has 3 aromatic rings. The molecule has 0 radical (unpaired) electrons. The Hall–Kier alpha value is -4.54. The number of amides is 2. The summed E-state index contributed by atoms with van der Waals surface area (Å²) < 4.78 is 0. The molecule has 0 aromatic heterocycles. The number of piperazine rings is 1. The zero-order chi connectivity index (χ0) is 33.5. The van der Waals surface area contributed by atoms with Crippen molar-refractivity contribution in [1.29, 1.82) is 0 Å². The van der Waals surface area contributed by atoms with Crippen LogP contribution in [0.5, 0.6) is 0 Å². The fraction of sp³-hybridized carbons (Fsp3) is 0.421. The Kier molecular flexibility index (Phi) is 10.8. The highest BCUT2D eigenvalue weighted by molar-refractivity contribution is 6.01. The minimum absolute atomic E-state index is 0.0229. The summed E-state index contributed by atoms with van der Waals surface area (Å²) in [5.41, 5.74) is 12.1. The first kappa shape index (κ1) is 33.4. The number of rotatable bonds is 11. The predicted octanol–water partition coefficient (Wildman–Crippen LogP) is 5.40. The Labute approximate surface area is 282 Å². The quantitative estimate of drug-likeness (QED) is 0.256. The third kappa shape index (κ3) is 8.11. The molecule has 250 valence electrons. The molecule has 3 aliphatic rings. The Morgan fingerprint density at radius 1 is 0.938 bits per heavy atom. The van der Waals surface area contributed by atoms with Crippen LogP contribution in [-0.4, -0.2) is 67.7 Å². The van der Waals surface area contributed by atoms with Gasteiger partial charge in [-0.3, -0.25) is 14.4 Å². The van der Waals surface area contributed by atoms with Gasteiger partial charge in [0, 0.05) is 61.2 Å². The van der Waals surface area contributed by atoms with Gasteiger partial charge in [0.2, 0.25) is 5.91 Å². The molecule has 3 aromatic carbocycles. The molecule has 2 fully saturated rings. The Morgan fingerprint density at radius 2 is 1.65 bits per heavy atom. The van der Waals surface area contributed by atoms with Crippen LogP contribution in [-0.2, 0) is 16.0 Å². The SMILES string of the molecule is Cc1ccc(C(=O)N2CCNCC2)cc1-c1ccc(C[C@H](CC(=O)C2CCC(CN)CC2)C(=O)Nc2ccc(C3=NCN=N3)cc2)cc1. The molecule has 10 nitrogen and oxygen atoms in total. The van der Waals surface area contributed by atoms with Crippen LogP contribution in [0.3, 0.4) is 0 Å². The number of Topliss-reactive ketones (excluding diaryl/α,β-unsaturated/α-hetero) is 1.